The molecule has 0 aliphatic heterocycles. The van der Waals surface area contributed by atoms with Crippen LogP contribution in [0.15, 0.2) is 84.0 Å². The maximum Gasteiger partial charge on any atom is 0.196 e. The molecule has 1 heterocycles. The Morgan fingerprint density at radius 2 is 1.63 bits per heavy atom. The van der Waals surface area contributed by atoms with Crippen molar-refractivity contribution in [3.8, 4) is 28.6 Å². The molecule has 30 heavy (non-hydrogen) atoms. The van der Waals surface area contributed by atoms with Gasteiger partial charge in [0.15, 0.2) is 11.0 Å². The quantitative estimate of drug-likeness (QED) is 0.259. The molecule has 3 aromatic carbocycles. The van der Waals surface area contributed by atoms with Crippen molar-refractivity contribution in [2.45, 2.75) is 5.16 Å². The fourth-order valence-electron chi connectivity index (χ4n) is 2.95. The van der Waals surface area contributed by atoms with Crippen LogP contribution in [0.4, 0.5) is 0 Å². The second-order valence-corrected chi connectivity index (χ2v) is 7.80. The summed E-state index contributed by atoms with van der Waals surface area (Å²) in [6, 6.07) is 25.3. The van der Waals surface area contributed by atoms with E-state index in [4.69, 9.17) is 21.1 Å². The number of hydrogen-bond acceptors (Lipinski definition) is 5. The minimum atomic E-state index is 0.505. The molecule has 0 bridgehead atoms. The number of benzene rings is 3. The zero-order valence-corrected chi connectivity index (χ0v) is 17.9. The molecule has 0 radical (unpaired) electrons. The number of para-hydroxylation sites is 1. The Morgan fingerprint density at radius 3 is 2.37 bits per heavy atom. The van der Waals surface area contributed by atoms with Gasteiger partial charge in [0.05, 0.1) is 18.7 Å². The molecule has 0 N–H and O–H groups in total. The molecule has 7 heteroatoms. The average molecular weight is 438 g/mol. The van der Waals surface area contributed by atoms with Crippen molar-refractivity contribution >= 4 is 23.4 Å². The molecule has 0 atom stereocenters. The molecule has 5 nitrogen and oxygen atoms in total. The van der Waals surface area contributed by atoms with Gasteiger partial charge in [0.2, 0.25) is 0 Å². The predicted molar refractivity (Wildman–Crippen MR) is 121 cm³/mol. The lowest BCUT2D eigenvalue weighted by Crippen LogP contribution is -2.03. The van der Waals surface area contributed by atoms with Gasteiger partial charge in [-0.15, -0.1) is 10.2 Å². The van der Waals surface area contributed by atoms with Crippen LogP contribution in [-0.4, -0.2) is 34.2 Å². The Kier molecular flexibility index (Phi) is 6.57. The van der Waals surface area contributed by atoms with E-state index in [1.54, 1.807) is 18.9 Å². The van der Waals surface area contributed by atoms with Crippen molar-refractivity contribution in [3.63, 3.8) is 0 Å². The lowest BCUT2D eigenvalue weighted by Gasteiger charge is -2.11. The summed E-state index contributed by atoms with van der Waals surface area (Å²) in [4.78, 5) is 0. The Balaban J connectivity index is 1.56. The lowest BCUT2D eigenvalue weighted by molar-refractivity contribution is 0.344. The van der Waals surface area contributed by atoms with Gasteiger partial charge in [0.25, 0.3) is 0 Å². The zero-order chi connectivity index (χ0) is 20.8. The molecule has 0 fully saturated rings. The Labute approximate surface area is 184 Å². The van der Waals surface area contributed by atoms with E-state index in [2.05, 4.69) is 14.8 Å². The smallest absolute Gasteiger partial charge is 0.196 e. The van der Waals surface area contributed by atoms with E-state index in [9.17, 15) is 0 Å². The minimum Gasteiger partial charge on any atom is -0.497 e. The zero-order valence-electron chi connectivity index (χ0n) is 16.4. The molecular formula is C23H20ClN3O2S. The van der Waals surface area contributed by atoms with Crippen molar-refractivity contribution < 1.29 is 9.47 Å². The number of aromatic nitrogens is 3. The van der Waals surface area contributed by atoms with Crippen LogP contribution in [0.5, 0.6) is 11.5 Å². The van der Waals surface area contributed by atoms with Gasteiger partial charge >= 0.3 is 0 Å². The van der Waals surface area contributed by atoms with E-state index in [-0.39, 0.29) is 0 Å². The van der Waals surface area contributed by atoms with Gasteiger partial charge in [-0.1, -0.05) is 65.8 Å². The van der Waals surface area contributed by atoms with Crippen molar-refractivity contribution in [3.05, 3.63) is 83.9 Å². The van der Waals surface area contributed by atoms with Gasteiger partial charge in [-0.25, -0.2) is 0 Å². The van der Waals surface area contributed by atoms with Crippen LogP contribution < -0.4 is 9.47 Å². The van der Waals surface area contributed by atoms with Gasteiger partial charge in [-0.2, -0.15) is 0 Å². The van der Waals surface area contributed by atoms with Crippen molar-refractivity contribution in [2.75, 3.05) is 19.5 Å². The first kappa shape index (κ1) is 20.3. The van der Waals surface area contributed by atoms with Gasteiger partial charge in [0, 0.05) is 17.0 Å². The molecular weight excluding hydrogens is 418 g/mol. The Morgan fingerprint density at radius 1 is 0.900 bits per heavy atom. The summed E-state index contributed by atoms with van der Waals surface area (Å²) in [5.41, 5.74) is 1.97. The standard InChI is InChI=1S/C23H20ClN3O2S/c1-28-19-13-11-18(12-14-19)27-22(17-7-3-2-4-8-17)25-26-23(27)30-16-15-29-21-10-6-5-9-20(21)24/h2-14H,15-16H2,1H3. The number of ether oxygens (including phenoxy) is 2. The average Bonchev–Trinajstić information content (AvgIpc) is 3.22. The number of methoxy groups -OCH3 is 1. The lowest BCUT2D eigenvalue weighted by atomic mass is 10.2. The highest BCUT2D eigenvalue weighted by molar-refractivity contribution is 7.99. The van der Waals surface area contributed by atoms with Crippen LogP contribution in [0.2, 0.25) is 5.02 Å². The molecule has 0 spiro atoms. The summed E-state index contributed by atoms with van der Waals surface area (Å²) in [5.74, 6) is 2.97. The summed E-state index contributed by atoms with van der Waals surface area (Å²) in [6.07, 6.45) is 0. The monoisotopic (exact) mass is 437 g/mol. The van der Waals surface area contributed by atoms with E-state index >= 15 is 0 Å². The van der Waals surface area contributed by atoms with Crippen molar-refractivity contribution in [1.82, 2.24) is 14.8 Å². The first-order valence-electron chi connectivity index (χ1n) is 9.41. The normalized spacial score (nSPS) is 10.7. The predicted octanol–water partition coefficient (Wildman–Crippen LogP) is 5.77. The van der Waals surface area contributed by atoms with E-state index in [1.807, 2.05) is 78.9 Å². The maximum atomic E-state index is 6.15. The van der Waals surface area contributed by atoms with Crippen molar-refractivity contribution in [1.29, 1.82) is 0 Å². The molecule has 0 aliphatic rings. The van der Waals surface area contributed by atoms with Crippen LogP contribution in [0.3, 0.4) is 0 Å². The largest absolute Gasteiger partial charge is 0.497 e. The topological polar surface area (TPSA) is 49.2 Å². The van der Waals surface area contributed by atoms with E-state index in [1.165, 1.54) is 0 Å². The highest BCUT2D eigenvalue weighted by atomic mass is 35.5. The van der Waals surface area contributed by atoms with Crippen LogP contribution in [0.1, 0.15) is 0 Å². The van der Waals surface area contributed by atoms with Crippen LogP contribution in [0.25, 0.3) is 17.1 Å². The van der Waals surface area contributed by atoms with Crippen molar-refractivity contribution in [2.24, 2.45) is 0 Å². The Hall–Kier alpha value is -2.96. The number of hydrogen-bond donors (Lipinski definition) is 0. The minimum absolute atomic E-state index is 0.505. The second-order valence-electron chi connectivity index (χ2n) is 6.33. The van der Waals surface area contributed by atoms with Crippen LogP contribution in [0, 0.1) is 0 Å². The number of nitrogens with zero attached hydrogens (tertiary/aromatic N) is 3. The van der Waals surface area contributed by atoms with Gasteiger partial charge < -0.3 is 9.47 Å². The van der Waals surface area contributed by atoms with E-state index < -0.39 is 0 Å². The van der Waals surface area contributed by atoms with Crippen LogP contribution in [-0.2, 0) is 0 Å². The third-order valence-corrected chi connectivity index (χ3v) is 5.61. The number of halogens is 1. The Bertz CT molecular complexity index is 1100. The molecule has 0 amide bonds. The van der Waals surface area contributed by atoms with Crippen LogP contribution >= 0.6 is 23.4 Å². The first-order valence-corrected chi connectivity index (χ1v) is 10.8. The third kappa shape index (κ3) is 4.61. The SMILES string of the molecule is COc1ccc(-n2c(SCCOc3ccccc3Cl)nnc2-c2ccccc2)cc1. The van der Waals surface area contributed by atoms with E-state index in [0.29, 0.717) is 23.1 Å². The molecule has 0 saturated heterocycles. The second kappa shape index (κ2) is 9.69. The van der Waals surface area contributed by atoms with Gasteiger partial charge in [0.1, 0.15) is 11.5 Å². The highest BCUT2D eigenvalue weighted by Crippen LogP contribution is 2.29. The third-order valence-electron chi connectivity index (χ3n) is 4.40. The van der Waals surface area contributed by atoms with Gasteiger partial charge in [-0.3, -0.25) is 4.57 Å². The molecule has 0 aliphatic carbocycles. The number of thioether (sulfide) groups is 1. The summed E-state index contributed by atoms with van der Waals surface area (Å²) >= 11 is 7.74. The first-order chi connectivity index (χ1) is 14.8. The summed E-state index contributed by atoms with van der Waals surface area (Å²) < 4.78 is 13.1. The molecule has 152 valence electrons. The fourth-order valence-corrected chi connectivity index (χ4v) is 3.91. The summed E-state index contributed by atoms with van der Waals surface area (Å²) in [7, 11) is 1.66. The molecule has 4 aromatic rings. The highest BCUT2D eigenvalue weighted by Gasteiger charge is 2.16. The summed E-state index contributed by atoms with van der Waals surface area (Å²) in [5, 5.41) is 10.3. The number of rotatable bonds is 8. The molecule has 4 rings (SSSR count). The molecule has 0 unspecified atom stereocenters. The summed E-state index contributed by atoms with van der Waals surface area (Å²) in [6.45, 7) is 0.505. The molecule has 0 saturated carbocycles. The van der Waals surface area contributed by atoms with E-state index in [0.717, 1.165) is 28.0 Å². The fraction of sp³-hybridized carbons (Fsp3) is 0.130. The van der Waals surface area contributed by atoms with Gasteiger partial charge in [-0.05, 0) is 36.4 Å². The maximum absolute atomic E-state index is 6.15. The molecule has 1 aromatic heterocycles.